The maximum absolute atomic E-state index is 9.15. The lowest BCUT2D eigenvalue weighted by atomic mass is 10.0. The highest BCUT2D eigenvalue weighted by molar-refractivity contribution is 7.15. The Hall–Kier alpha value is -1.57. The van der Waals surface area contributed by atoms with Gasteiger partial charge in [-0.2, -0.15) is 5.26 Å². The predicted octanol–water partition coefficient (Wildman–Crippen LogP) is 4.29. The molecule has 1 aliphatic carbocycles. The zero-order valence-corrected chi connectivity index (χ0v) is 11.8. The van der Waals surface area contributed by atoms with Gasteiger partial charge in [-0.15, -0.1) is 11.3 Å². The number of aromatic nitrogens is 1. The van der Waals surface area contributed by atoms with Crippen LogP contribution in [0.4, 0.5) is 10.8 Å². The van der Waals surface area contributed by atoms with E-state index in [9.17, 15) is 0 Å². The highest BCUT2D eigenvalue weighted by Crippen LogP contribution is 2.33. The molecular weight excluding hydrogens is 278 g/mol. The van der Waals surface area contributed by atoms with E-state index in [0.29, 0.717) is 10.6 Å². The summed E-state index contributed by atoms with van der Waals surface area (Å²) in [6.07, 6.45) is 4.65. The van der Waals surface area contributed by atoms with Gasteiger partial charge in [-0.25, -0.2) is 4.98 Å². The SMILES string of the molecule is N#Cc1c(Cl)cccc1Nc1nc2c(s1)CCCC2. The van der Waals surface area contributed by atoms with Crippen LogP contribution in [0.2, 0.25) is 5.02 Å². The van der Waals surface area contributed by atoms with Crippen molar-refractivity contribution in [2.75, 3.05) is 5.32 Å². The Labute approximate surface area is 120 Å². The van der Waals surface area contributed by atoms with Gasteiger partial charge < -0.3 is 5.32 Å². The summed E-state index contributed by atoms with van der Waals surface area (Å²) < 4.78 is 0. The van der Waals surface area contributed by atoms with Gasteiger partial charge in [0.05, 0.1) is 22.0 Å². The number of thiazole rings is 1. The summed E-state index contributed by atoms with van der Waals surface area (Å²) in [5.41, 5.74) is 2.40. The number of aryl methyl sites for hydroxylation is 2. The van der Waals surface area contributed by atoms with Crippen LogP contribution in [0.25, 0.3) is 0 Å². The van der Waals surface area contributed by atoms with Gasteiger partial charge in [0.25, 0.3) is 0 Å². The van der Waals surface area contributed by atoms with Crippen LogP contribution in [-0.4, -0.2) is 4.98 Å². The van der Waals surface area contributed by atoms with Gasteiger partial charge in [-0.05, 0) is 37.8 Å². The first kappa shape index (κ1) is 12.5. The number of nitriles is 1. The summed E-state index contributed by atoms with van der Waals surface area (Å²) in [4.78, 5) is 5.98. The van der Waals surface area contributed by atoms with Crippen molar-refractivity contribution in [1.82, 2.24) is 4.98 Å². The molecule has 0 fully saturated rings. The molecular formula is C14H12ClN3S. The molecule has 19 heavy (non-hydrogen) atoms. The molecule has 0 radical (unpaired) electrons. The monoisotopic (exact) mass is 289 g/mol. The number of rotatable bonds is 2. The number of halogens is 1. The molecule has 1 aromatic carbocycles. The number of nitrogens with one attached hydrogen (secondary N) is 1. The molecule has 3 rings (SSSR count). The minimum atomic E-state index is 0.466. The zero-order valence-electron chi connectivity index (χ0n) is 10.2. The first-order valence-electron chi connectivity index (χ1n) is 6.22. The predicted molar refractivity (Wildman–Crippen MR) is 78.2 cm³/mol. The molecule has 0 atom stereocenters. The van der Waals surface area contributed by atoms with Crippen molar-refractivity contribution in [3.63, 3.8) is 0 Å². The summed E-state index contributed by atoms with van der Waals surface area (Å²) in [6, 6.07) is 7.53. The Morgan fingerprint density at radius 3 is 2.95 bits per heavy atom. The number of fused-ring (bicyclic) bond motifs is 1. The number of hydrogen-bond donors (Lipinski definition) is 1. The van der Waals surface area contributed by atoms with Crippen LogP contribution in [0.1, 0.15) is 29.0 Å². The smallest absolute Gasteiger partial charge is 0.187 e. The Morgan fingerprint density at radius 1 is 1.32 bits per heavy atom. The Bertz CT molecular complexity index is 634. The summed E-state index contributed by atoms with van der Waals surface area (Å²) in [7, 11) is 0. The van der Waals surface area contributed by atoms with Crippen LogP contribution in [0.15, 0.2) is 18.2 Å². The fourth-order valence-electron chi connectivity index (χ4n) is 2.26. The number of anilines is 2. The second kappa shape index (κ2) is 5.20. The van der Waals surface area contributed by atoms with Crippen molar-refractivity contribution in [3.8, 4) is 6.07 Å². The maximum Gasteiger partial charge on any atom is 0.187 e. The molecule has 0 spiro atoms. The third kappa shape index (κ3) is 2.44. The van der Waals surface area contributed by atoms with Gasteiger partial charge in [0, 0.05) is 4.88 Å². The van der Waals surface area contributed by atoms with Gasteiger partial charge in [-0.3, -0.25) is 0 Å². The molecule has 0 unspecified atom stereocenters. The number of hydrogen-bond acceptors (Lipinski definition) is 4. The van der Waals surface area contributed by atoms with Gasteiger partial charge in [0.1, 0.15) is 6.07 Å². The van der Waals surface area contributed by atoms with Crippen molar-refractivity contribution in [3.05, 3.63) is 39.4 Å². The molecule has 2 aromatic rings. The fourth-order valence-corrected chi connectivity index (χ4v) is 3.54. The molecule has 0 bridgehead atoms. The molecule has 1 N–H and O–H groups in total. The lowest BCUT2D eigenvalue weighted by molar-refractivity contribution is 0.683. The van der Waals surface area contributed by atoms with Crippen LogP contribution in [0.3, 0.4) is 0 Å². The molecule has 3 nitrogen and oxygen atoms in total. The summed E-state index contributed by atoms with van der Waals surface area (Å²) in [5, 5.41) is 13.7. The second-order valence-corrected chi connectivity index (χ2v) is 5.99. The standard InChI is InChI=1S/C14H12ClN3S/c15-10-4-3-6-11(9(10)8-16)17-14-18-12-5-1-2-7-13(12)19-14/h3-4,6H,1-2,5,7H2,(H,17,18). The van der Waals surface area contributed by atoms with E-state index in [4.69, 9.17) is 16.9 Å². The quantitative estimate of drug-likeness (QED) is 0.897. The third-order valence-electron chi connectivity index (χ3n) is 3.21. The minimum absolute atomic E-state index is 0.466. The van der Waals surface area contributed by atoms with Crippen LogP contribution in [-0.2, 0) is 12.8 Å². The van der Waals surface area contributed by atoms with Crippen molar-refractivity contribution in [2.24, 2.45) is 0 Å². The average molecular weight is 290 g/mol. The van der Waals surface area contributed by atoms with E-state index in [0.717, 1.165) is 23.7 Å². The third-order valence-corrected chi connectivity index (χ3v) is 4.60. The minimum Gasteiger partial charge on any atom is -0.330 e. The van der Waals surface area contributed by atoms with E-state index in [1.54, 1.807) is 17.4 Å². The van der Waals surface area contributed by atoms with Crippen molar-refractivity contribution >= 4 is 33.8 Å². The van der Waals surface area contributed by atoms with Crippen molar-refractivity contribution < 1.29 is 0 Å². The highest BCUT2D eigenvalue weighted by atomic mass is 35.5. The van der Waals surface area contributed by atoms with Crippen LogP contribution < -0.4 is 5.32 Å². The van der Waals surface area contributed by atoms with E-state index < -0.39 is 0 Å². The maximum atomic E-state index is 9.15. The Balaban J connectivity index is 1.92. The fraction of sp³-hybridized carbons (Fsp3) is 0.286. The van der Waals surface area contributed by atoms with Gasteiger partial charge >= 0.3 is 0 Å². The molecule has 0 saturated carbocycles. The molecule has 1 heterocycles. The molecule has 96 valence electrons. The Morgan fingerprint density at radius 2 is 2.16 bits per heavy atom. The topological polar surface area (TPSA) is 48.7 Å². The first-order chi connectivity index (χ1) is 9.28. The van der Waals surface area contributed by atoms with E-state index in [-0.39, 0.29) is 0 Å². The van der Waals surface area contributed by atoms with E-state index in [1.165, 1.54) is 23.4 Å². The first-order valence-corrected chi connectivity index (χ1v) is 7.41. The van der Waals surface area contributed by atoms with Crippen molar-refractivity contribution in [1.29, 1.82) is 5.26 Å². The summed E-state index contributed by atoms with van der Waals surface area (Å²) >= 11 is 7.70. The summed E-state index contributed by atoms with van der Waals surface area (Å²) in [6.45, 7) is 0. The zero-order chi connectivity index (χ0) is 13.2. The number of benzene rings is 1. The van der Waals surface area contributed by atoms with Crippen LogP contribution >= 0.6 is 22.9 Å². The largest absolute Gasteiger partial charge is 0.330 e. The van der Waals surface area contributed by atoms with Crippen LogP contribution in [0.5, 0.6) is 0 Å². The molecule has 0 saturated heterocycles. The summed E-state index contributed by atoms with van der Waals surface area (Å²) in [5.74, 6) is 0. The van der Waals surface area contributed by atoms with E-state index in [1.807, 2.05) is 12.1 Å². The molecule has 1 aliphatic rings. The van der Waals surface area contributed by atoms with Gasteiger partial charge in [0.15, 0.2) is 5.13 Å². The normalized spacial score (nSPS) is 13.7. The highest BCUT2D eigenvalue weighted by Gasteiger charge is 2.16. The van der Waals surface area contributed by atoms with Gasteiger partial charge in [-0.1, -0.05) is 17.7 Å². The van der Waals surface area contributed by atoms with Crippen LogP contribution in [0, 0.1) is 11.3 Å². The van der Waals surface area contributed by atoms with Gasteiger partial charge in [0.2, 0.25) is 0 Å². The molecule has 0 aliphatic heterocycles. The lowest BCUT2D eigenvalue weighted by Gasteiger charge is -2.06. The molecule has 5 heteroatoms. The molecule has 1 aromatic heterocycles. The average Bonchev–Trinajstić information content (AvgIpc) is 2.81. The number of nitrogens with zero attached hydrogens (tertiary/aromatic N) is 2. The lowest BCUT2D eigenvalue weighted by Crippen LogP contribution is -1.99. The second-order valence-electron chi connectivity index (χ2n) is 4.50. The Kier molecular flexibility index (Phi) is 3.41. The van der Waals surface area contributed by atoms with E-state index in [2.05, 4.69) is 16.4 Å². The van der Waals surface area contributed by atoms with Crippen molar-refractivity contribution in [2.45, 2.75) is 25.7 Å². The van der Waals surface area contributed by atoms with E-state index >= 15 is 0 Å². The molecule has 0 amide bonds.